The van der Waals surface area contributed by atoms with Crippen LogP contribution < -0.4 is 0 Å². The van der Waals surface area contributed by atoms with E-state index in [0.717, 1.165) is 12.0 Å². The Bertz CT molecular complexity index is 444. The van der Waals surface area contributed by atoms with Crippen molar-refractivity contribution < 1.29 is 9.90 Å². The topological polar surface area (TPSA) is 37.3 Å². The fraction of sp³-hybridized carbons (Fsp3) is 0.308. The van der Waals surface area contributed by atoms with Gasteiger partial charge in [-0.2, -0.15) is 0 Å². The Hall–Kier alpha value is -1.57. The minimum Gasteiger partial charge on any atom is -0.481 e. The second-order valence-corrected chi connectivity index (χ2v) is 4.10. The zero-order valence-electron chi connectivity index (χ0n) is 8.95. The number of hydrogen-bond donors (Lipinski definition) is 1. The Morgan fingerprint density at radius 2 is 2.20 bits per heavy atom. The summed E-state index contributed by atoms with van der Waals surface area (Å²) in [7, 11) is 0. The van der Waals surface area contributed by atoms with Crippen LogP contribution in [0.1, 0.15) is 23.6 Å². The lowest BCUT2D eigenvalue weighted by Gasteiger charge is -2.07. The summed E-state index contributed by atoms with van der Waals surface area (Å²) in [5.74, 6) is -1.12. The van der Waals surface area contributed by atoms with Crippen LogP contribution in [0.2, 0.25) is 0 Å². The Morgan fingerprint density at radius 1 is 1.47 bits per heavy atom. The van der Waals surface area contributed by atoms with Gasteiger partial charge in [-0.25, -0.2) is 0 Å². The minimum atomic E-state index is -0.744. The van der Waals surface area contributed by atoms with E-state index in [-0.39, 0.29) is 5.92 Å². The first-order chi connectivity index (χ1) is 7.09. The van der Waals surface area contributed by atoms with E-state index in [0.29, 0.717) is 0 Å². The molecule has 78 valence electrons. The molecule has 0 amide bonds. The van der Waals surface area contributed by atoms with Gasteiger partial charge in [0.2, 0.25) is 0 Å². The minimum absolute atomic E-state index is 0.378. The molecule has 0 aliphatic heterocycles. The van der Waals surface area contributed by atoms with Gasteiger partial charge in [0.05, 0.1) is 5.92 Å². The first-order valence-electron chi connectivity index (χ1n) is 5.11. The zero-order valence-corrected chi connectivity index (χ0v) is 8.95. The molecule has 0 fully saturated rings. The number of aryl methyl sites for hydroxylation is 1. The highest BCUT2D eigenvalue weighted by molar-refractivity contribution is 5.78. The van der Waals surface area contributed by atoms with Crippen LogP contribution in [0.4, 0.5) is 0 Å². The van der Waals surface area contributed by atoms with Gasteiger partial charge in [0.25, 0.3) is 0 Å². The van der Waals surface area contributed by atoms with Crippen molar-refractivity contribution >= 4 is 12.0 Å². The predicted molar refractivity (Wildman–Crippen MR) is 59.7 cm³/mol. The van der Waals surface area contributed by atoms with E-state index >= 15 is 0 Å². The summed E-state index contributed by atoms with van der Waals surface area (Å²) in [6.07, 6.45) is 2.80. The van der Waals surface area contributed by atoms with Crippen molar-refractivity contribution in [3.05, 3.63) is 40.5 Å². The highest BCUT2D eigenvalue weighted by Gasteiger charge is 2.22. The van der Waals surface area contributed by atoms with Gasteiger partial charge < -0.3 is 5.11 Å². The van der Waals surface area contributed by atoms with Crippen molar-refractivity contribution in [1.82, 2.24) is 0 Å². The van der Waals surface area contributed by atoms with E-state index < -0.39 is 5.97 Å². The number of hydrogen-bond acceptors (Lipinski definition) is 1. The lowest BCUT2D eigenvalue weighted by molar-refractivity contribution is -0.139. The van der Waals surface area contributed by atoms with E-state index in [1.807, 2.05) is 18.2 Å². The van der Waals surface area contributed by atoms with Crippen LogP contribution in [-0.4, -0.2) is 11.1 Å². The maximum absolute atomic E-state index is 10.9. The van der Waals surface area contributed by atoms with Gasteiger partial charge in [0, 0.05) is 0 Å². The molecule has 1 aromatic carbocycles. The molecule has 0 aromatic heterocycles. The van der Waals surface area contributed by atoms with E-state index in [4.69, 9.17) is 5.11 Å². The summed E-state index contributed by atoms with van der Waals surface area (Å²) in [5.41, 5.74) is 4.71. The van der Waals surface area contributed by atoms with Gasteiger partial charge >= 0.3 is 5.97 Å². The number of rotatable bonds is 2. The molecule has 2 nitrogen and oxygen atoms in total. The van der Waals surface area contributed by atoms with Crippen LogP contribution in [-0.2, 0) is 11.2 Å². The molecule has 1 N–H and O–H groups in total. The third-order valence-corrected chi connectivity index (χ3v) is 3.09. The highest BCUT2D eigenvalue weighted by atomic mass is 16.4. The Balaban J connectivity index is 2.33. The van der Waals surface area contributed by atoms with Gasteiger partial charge in [-0.1, -0.05) is 29.8 Å². The summed E-state index contributed by atoms with van der Waals surface area (Å²) in [4.78, 5) is 10.9. The van der Waals surface area contributed by atoms with Crippen molar-refractivity contribution in [2.45, 2.75) is 20.3 Å². The summed E-state index contributed by atoms with van der Waals surface area (Å²) in [6, 6.07) is 6.13. The molecule has 0 bridgehead atoms. The third kappa shape index (κ3) is 1.67. The zero-order chi connectivity index (χ0) is 11.0. The van der Waals surface area contributed by atoms with Crippen LogP contribution in [0.5, 0.6) is 0 Å². The quantitative estimate of drug-likeness (QED) is 0.800. The molecule has 0 heterocycles. The van der Waals surface area contributed by atoms with Crippen molar-refractivity contribution in [3.8, 4) is 0 Å². The number of aliphatic carboxylic acids is 1. The summed E-state index contributed by atoms with van der Waals surface area (Å²) in [6.45, 7) is 3.82. The second kappa shape index (κ2) is 3.54. The molecule has 2 rings (SSSR count). The standard InChI is InChI=1S/C13H14O2/c1-8-4-3-5-10-6-11(7-12(8)10)9(2)13(14)15/h3-6,9H,7H2,1-2H3,(H,14,15). The molecular formula is C13H14O2. The number of carbonyl (C=O) groups is 1. The van der Waals surface area contributed by atoms with Crippen LogP contribution >= 0.6 is 0 Å². The van der Waals surface area contributed by atoms with Gasteiger partial charge in [0.1, 0.15) is 0 Å². The fourth-order valence-electron chi connectivity index (χ4n) is 1.99. The third-order valence-electron chi connectivity index (χ3n) is 3.09. The first kappa shape index (κ1) is 9.97. The molecule has 0 radical (unpaired) electrons. The van der Waals surface area contributed by atoms with Crippen molar-refractivity contribution in [2.75, 3.05) is 0 Å². The maximum Gasteiger partial charge on any atom is 0.310 e. The van der Waals surface area contributed by atoms with Gasteiger partial charge in [-0.3, -0.25) is 4.79 Å². The van der Waals surface area contributed by atoms with Crippen LogP contribution in [0.25, 0.3) is 6.08 Å². The van der Waals surface area contributed by atoms with E-state index in [1.54, 1.807) is 6.92 Å². The fourth-order valence-corrected chi connectivity index (χ4v) is 1.99. The van der Waals surface area contributed by atoms with E-state index in [1.165, 1.54) is 16.7 Å². The summed E-state index contributed by atoms with van der Waals surface area (Å²) >= 11 is 0. The molecule has 1 aromatic rings. The number of benzene rings is 1. The maximum atomic E-state index is 10.9. The number of fused-ring (bicyclic) bond motifs is 1. The molecule has 15 heavy (non-hydrogen) atoms. The van der Waals surface area contributed by atoms with Crippen LogP contribution in [0, 0.1) is 12.8 Å². The molecule has 0 spiro atoms. The number of carboxylic acid groups (broad SMARTS) is 1. The average Bonchev–Trinajstić information content (AvgIpc) is 2.61. The highest BCUT2D eigenvalue weighted by Crippen LogP contribution is 2.31. The Labute approximate surface area is 89.2 Å². The van der Waals surface area contributed by atoms with Crippen molar-refractivity contribution in [2.24, 2.45) is 5.92 Å². The van der Waals surface area contributed by atoms with Gasteiger partial charge in [-0.05, 0) is 37.0 Å². The molecule has 0 saturated carbocycles. The molecule has 1 aliphatic rings. The van der Waals surface area contributed by atoms with Gasteiger partial charge in [0.15, 0.2) is 0 Å². The molecule has 2 heteroatoms. The molecule has 1 aliphatic carbocycles. The molecule has 0 saturated heterocycles. The van der Waals surface area contributed by atoms with Crippen LogP contribution in [0.15, 0.2) is 23.8 Å². The van der Waals surface area contributed by atoms with Crippen molar-refractivity contribution in [1.29, 1.82) is 0 Å². The van der Waals surface area contributed by atoms with Crippen molar-refractivity contribution in [3.63, 3.8) is 0 Å². The predicted octanol–water partition coefficient (Wildman–Crippen LogP) is 2.66. The summed E-state index contributed by atoms with van der Waals surface area (Å²) < 4.78 is 0. The van der Waals surface area contributed by atoms with Crippen LogP contribution in [0.3, 0.4) is 0 Å². The molecule has 1 atom stereocenters. The largest absolute Gasteiger partial charge is 0.481 e. The SMILES string of the molecule is Cc1cccc2c1CC(C(C)C(=O)O)=C2. The second-order valence-electron chi connectivity index (χ2n) is 4.10. The molecule has 1 unspecified atom stereocenters. The Kier molecular flexibility index (Phi) is 2.35. The number of carboxylic acids is 1. The lowest BCUT2D eigenvalue weighted by atomic mass is 9.98. The Morgan fingerprint density at radius 3 is 2.80 bits per heavy atom. The molecular weight excluding hydrogens is 188 g/mol. The first-order valence-corrected chi connectivity index (χ1v) is 5.11. The monoisotopic (exact) mass is 202 g/mol. The normalized spacial score (nSPS) is 15.7. The summed E-state index contributed by atoms with van der Waals surface area (Å²) in [5, 5.41) is 8.95. The lowest BCUT2D eigenvalue weighted by Crippen LogP contribution is -2.12. The van der Waals surface area contributed by atoms with Gasteiger partial charge in [-0.15, -0.1) is 0 Å². The average molecular weight is 202 g/mol. The smallest absolute Gasteiger partial charge is 0.310 e. The van der Waals surface area contributed by atoms with E-state index in [2.05, 4.69) is 13.0 Å². The van der Waals surface area contributed by atoms with E-state index in [9.17, 15) is 4.79 Å².